The smallest absolute Gasteiger partial charge is 0.181 e. The molecule has 1 unspecified atom stereocenters. The van der Waals surface area contributed by atoms with Gasteiger partial charge in [0.25, 0.3) is 0 Å². The van der Waals surface area contributed by atoms with E-state index in [1.54, 1.807) is 30.7 Å². The van der Waals surface area contributed by atoms with E-state index in [0.717, 1.165) is 22.0 Å². The van der Waals surface area contributed by atoms with Crippen LogP contribution in [-0.4, -0.2) is 41.5 Å². The number of benzene rings is 2. The van der Waals surface area contributed by atoms with E-state index in [9.17, 15) is 9.50 Å². The zero-order valence-electron chi connectivity index (χ0n) is 21.1. The summed E-state index contributed by atoms with van der Waals surface area (Å²) in [6, 6.07) is 16.2. The number of rotatable bonds is 5. The highest BCUT2D eigenvalue weighted by Crippen LogP contribution is 2.33. The summed E-state index contributed by atoms with van der Waals surface area (Å²) < 4.78 is 14.6. The summed E-state index contributed by atoms with van der Waals surface area (Å²) in [4.78, 5) is 17.0. The Morgan fingerprint density at radius 1 is 0.947 bits per heavy atom. The molecule has 8 nitrogen and oxygen atoms in total. The first kappa shape index (κ1) is 23.7. The highest BCUT2D eigenvalue weighted by Gasteiger charge is 2.22. The number of nitrogens with zero attached hydrogens (tertiary/aromatic N) is 4. The second-order valence-corrected chi connectivity index (χ2v) is 10.3. The van der Waals surface area contributed by atoms with Crippen LogP contribution in [0.5, 0.6) is 0 Å². The van der Waals surface area contributed by atoms with Crippen LogP contribution in [0.15, 0.2) is 73.2 Å². The molecular weight excluding hydrogens is 481 g/mol. The minimum absolute atomic E-state index is 0.300. The van der Waals surface area contributed by atoms with Gasteiger partial charge in [0, 0.05) is 40.1 Å². The van der Waals surface area contributed by atoms with Gasteiger partial charge in [-0.2, -0.15) is 5.10 Å². The first-order valence-electron chi connectivity index (χ1n) is 12.3. The van der Waals surface area contributed by atoms with E-state index in [2.05, 4.69) is 30.5 Å². The zero-order valence-corrected chi connectivity index (χ0v) is 21.1. The lowest BCUT2D eigenvalue weighted by molar-refractivity contribution is 0.0880. The Kier molecular flexibility index (Phi) is 5.65. The number of aromatic amines is 2. The molecule has 190 valence electrons. The van der Waals surface area contributed by atoms with Gasteiger partial charge in [-0.05, 0) is 24.3 Å². The maximum absolute atomic E-state index is 14.6. The molecule has 9 heteroatoms. The van der Waals surface area contributed by atoms with Crippen LogP contribution >= 0.6 is 0 Å². The lowest BCUT2D eigenvalue weighted by atomic mass is 9.94. The third-order valence-electron chi connectivity index (χ3n) is 6.52. The summed E-state index contributed by atoms with van der Waals surface area (Å²) in [5.74, 6) is 0.276. The van der Waals surface area contributed by atoms with Crippen molar-refractivity contribution in [3.63, 3.8) is 0 Å². The number of hydrogen-bond donors (Lipinski definition) is 4. The molecule has 6 aromatic rings. The molecular formula is C29H26FN7O. The van der Waals surface area contributed by atoms with Crippen LogP contribution in [0.4, 0.5) is 10.1 Å². The summed E-state index contributed by atoms with van der Waals surface area (Å²) in [6.45, 7) is 5.87. The summed E-state index contributed by atoms with van der Waals surface area (Å²) >= 11 is 0. The summed E-state index contributed by atoms with van der Waals surface area (Å²) in [5, 5.41) is 21.8. The molecule has 0 spiro atoms. The predicted octanol–water partition coefficient (Wildman–Crippen LogP) is 6.15. The fraction of sp³-hybridized carbons (Fsp3) is 0.172. The van der Waals surface area contributed by atoms with Gasteiger partial charge in [-0.25, -0.2) is 14.4 Å². The first-order chi connectivity index (χ1) is 18.3. The van der Waals surface area contributed by atoms with E-state index in [0.29, 0.717) is 39.5 Å². The van der Waals surface area contributed by atoms with Gasteiger partial charge in [0.1, 0.15) is 17.7 Å². The van der Waals surface area contributed by atoms with Crippen LogP contribution in [-0.2, 0) is 0 Å². The van der Waals surface area contributed by atoms with Crippen LogP contribution in [0, 0.1) is 11.2 Å². The Labute approximate surface area is 218 Å². The lowest BCUT2D eigenvalue weighted by Crippen LogP contribution is -2.33. The Balaban J connectivity index is 1.40. The highest BCUT2D eigenvalue weighted by molar-refractivity contribution is 5.97. The molecule has 4 aromatic heterocycles. The molecule has 0 bridgehead atoms. The van der Waals surface area contributed by atoms with Crippen molar-refractivity contribution >= 4 is 27.8 Å². The molecule has 0 aliphatic rings. The third kappa shape index (κ3) is 4.26. The molecule has 0 amide bonds. The predicted molar refractivity (Wildman–Crippen MR) is 147 cm³/mol. The molecule has 0 saturated heterocycles. The van der Waals surface area contributed by atoms with Crippen LogP contribution < -0.4 is 5.32 Å². The van der Waals surface area contributed by atoms with Crippen molar-refractivity contribution in [3.05, 3.63) is 79.0 Å². The van der Waals surface area contributed by atoms with E-state index >= 15 is 0 Å². The van der Waals surface area contributed by atoms with E-state index in [1.807, 2.05) is 57.2 Å². The maximum Gasteiger partial charge on any atom is 0.181 e. The normalized spacial score (nSPS) is 12.8. The van der Waals surface area contributed by atoms with Crippen LogP contribution in [0.1, 0.15) is 20.8 Å². The van der Waals surface area contributed by atoms with Crippen molar-refractivity contribution in [2.45, 2.75) is 27.0 Å². The number of halogens is 1. The van der Waals surface area contributed by atoms with Crippen molar-refractivity contribution in [2.75, 3.05) is 5.32 Å². The Hall–Kier alpha value is -4.63. The number of pyridine rings is 2. The van der Waals surface area contributed by atoms with E-state index in [1.165, 1.54) is 6.07 Å². The average Bonchev–Trinajstić information content (AvgIpc) is 3.52. The molecule has 6 rings (SSSR count). The van der Waals surface area contributed by atoms with Gasteiger partial charge in [0.05, 0.1) is 28.3 Å². The molecule has 0 radical (unpaired) electrons. The minimum atomic E-state index is -0.733. The largest absolute Gasteiger partial charge is 0.373 e. The number of anilines is 1. The van der Waals surface area contributed by atoms with E-state index in [4.69, 9.17) is 4.98 Å². The average molecular weight is 508 g/mol. The Morgan fingerprint density at radius 2 is 1.74 bits per heavy atom. The topological polar surface area (TPSA) is 115 Å². The van der Waals surface area contributed by atoms with Crippen molar-refractivity contribution in [2.24, 2.45) is 5.41 Å². The van der Waals surface area contributed by atoms with Crippen LogP contribution in [0.3, 0.4) is 0 Å². The molecule has 0 fully saturated rings. The second-order valence-electron chi connectivity index (χ2n) is 10.3. The van der Waals surface area contributed by atoms with Crippen molar-refractivity contribution < 1.29 is 9.50 Å². The maximum atomic E-state index is 14.6. The van der Waals surface area contributed by atoms with Crippen LogP contribution in [0.2, 0.25) is 0 Å². The molecule has 0 saturated carbocycles. The van der Waals surface area contributed by atoms with Crippen LogP contribution in [0.25, 0.3) is 55.8 Å². The quantitative estimate of drug-likeness (QED) is 0.208. The lowest BCUT2D eigenvalue weighted by Gasteiger charge is -2.27. The van der Waals surface area contributed by atoms with Gasteiger partial charge < -0.3 is 15.4 Å². The monoisotopic (exact) mass is 507 g/mol. The summed E-state index contributed by atoms with van der Waals surface area (Å²) in [5.41, 5.74) is 5.92. The van der Waals surface area contributed by atoms with E-state index < -0.39 is 6.23 Å². The first-order valence-corrected chi connectivity index (χ1v) is 12.3. The van der Waals surface area contributed by atoms with Crippen molar-refractivity contribution in [1.82, 2.24) is 30.1 Å². The SMILES string of the molecule is CC(C)(C)C(O)Nc1cncc(-c2cnc3n[nH]c(-c4nc5c(-c6ccccc6F)cccc5[nH]4)c3c2)c1. The zero-order chi connectivity index (χ0) is 26.4. The second kappa shape index (κ2) is 9.04. The van der Waals surface area contributed by atoms with Crippen molar-refractivity contribution in [3.8, 4) is 33.8 Å². The molecule has 38 heavy (non-hydrogen) atoms. The van der Waals surface area contributed by atoms with E-state index in [-0.39, 0.29) is 11.2 Å². The van der Waals surface area contributed by atoms with Gasteiger partial charge in [-0.15, -0.1) is 0 Å². The highest BCUT2D eigenvalue weighted by atomic mass is 19.1. The van der Waals surface area contributed by atoms with Gasteiger partial charge in [0.2, 0.25) is 0 Å². The van der Waals surface area contributed by atoms with Gasteiger partial charge >= 0.3 is 0 Å². The number of para-hydroxylation sites is 1. The number of nitrogens with one attached hydrogen (secondary N) is 3. The number of hydrogen-bond acceptors (Lipinski definition) is 6. The van der Waals surface area contributed by atoms with Crippen molar-refractivity contribution in [1.29, 1.82) is 0 Å². The van der Waals surface area contributed by atoms with Gasteiger partial charge in [0.15, 0.2) is 11.5 Å². The molecule has 4 heterocycles. The summed E-state index contributed by atoms with van der Waals surface area (Å²) in [6.07, 6.45) is 4.43. The molecule has 1 atom stereocenters. The number of aliphatic hydroxyl groups excluding tert-OH is 1. The number of H-pyrrole nitrogens is 2. The fourth-order valence-corrected chi connectivity index (χ4v) is 4.34. The summed E-state index contributed by atoms with van der Waals surface area (Å²) in [7, 11) is 0. The number of fused-ring (bicyclic) bond motifs is 2. The van der Waals surface area contributed by atoms with Gasteiger partial charge in [-0.1, -0.05) is 51.1 Å². The number of aliphatic hydroxyl groups is 1. The van der Waals surface area contributed by atoms with Gasteiger partial charge in [-0.3, -0.25) is 10.1 Å². The molecule has 0 aliphatic carbocycles. The Bertz CT molecular complexity index is 1780. The third-order valence-corrected chi connectivity index (χ3v) is 6.52. The molecule has 4 N–H and O–H groups in total. The molecule has 0 aliphatic heterocycles. The fourth-order valence-electron chi connectivity index (χ4n) is 4.34. The Morgan fingerprint density at radius 3 is 2.55 bits per heavy atom. The molecule has 2 aromatic carbocycles. The number of imidazole rings is 1. The minimum Gasteiger partial charge on any atom is -0.373 e. The standard InChI is InChI=1S/C29H26FN7O/c1-29(2,3)28(38)33-18-11-16(13-31-15-18)17-12-21-25(36-37-26(21)32-14-17)27-34-23-10-6-8-20(24(23)35-27)19-7-4-5-9-22(19)30/h4-15,28,33,38H,1-3H3,(H,34,35)(H,32,36,37). The number of aromatic nitrogens is 6.